The summed E-state index contributed by atoms with van der Waals surface area (Å²) >= 11 is 0. The number of carbonyl (C=O) groups excluding carboxylic acids is 1. The number of anilines is 1. The van der Waals surface area contributed by atoms with Gasteiger partial charge in [-0.1, -0.05) is 0 Å². The number of guanidine groups is 1. The van der Waals surface area contributed by atoms with E-state index < -0.39 is 0 Å². The number of aliphatic imine (C=N–C) groups is 1. The molecule has 1 amide bonds. The summed E-state index contributed by atoms with van der Waals surface area (Å²) < 4.78 is 13.1. The zero-order valence-corrected chi connectivity index (χ0v) is 17.3. The van der Waals surface area contributed by atoms with Gasteiger partial charge in [0.15, 0.2) is 5.96 Å². The largest absolute Gasteiger partial charge is 0.370 e. The molecule has 8 heteroatoms. The summed E-state index contributed by atoms with van der Waals surface area (Å²) in [7, 11) is 1.81. The second kappa shape index (κ2) is 10.4. The quantitative estimate of drug-likeness (QED) is 0.549. The number of nitrogens with one attached hydrogen (secondary N) is 1. The van der Waals surface area contributed by atoms with Crippen LogP contribution in [0, 0.1) is 11.7 Å². The van der Waals surface area contributed by atoms with E-state index in [9.17, 15) is 9.18 Å². The number of hydrogen-bond donors (Lipinski definition) is 2. The van der Waals surface area contributed by atoms with Gasteiger partial charge in [0, 0.05) is 71.5 Å². The Morgan fingerprint density at radius 3 is 2.59 bits per heavy atom. The molecule has 2 aliphatic heterocycles. The molecule has 0 radical (unpaired) electrons. The molecular weight excluding hydrogens is 371 g/mol. The average molecular weight is 405 g/mol. The van der Waals surface area contributed by atoms with Gasteiger partial charge in [0.05, 0.1) is 0 Å². The number of piperidine rings is 1. The molecule has 1 aromatic carbocycles. The number of piperazine rings is 1. The van der Waals surface area contributed by atoms with Gasteiger partial charge in [-0.15, -0.1) is 0 Å². The van der Waals surface area contributed by atoms with Crippen molar-refractivity contribution in [3.05, 3.63) is 30.1 Å². The minimum absolute atomic E-state index is 0.193. The first-order chi connectivity index (χ1) is 14.0. The zero-order valence-electron chi connectivity index (χ0n) is 17.3. The van der Waals surface area contributed by atoms with Gasteiger partial charge in [0.2, 0.25) is 5.91 Å². The first-order valence-electron chi connectivity index (χ1n) is 10.5. The minimum Gasteiger partial charge on any atom is -0.370 e. The number of halogens is 1. The van der Waals surface area contributed by atoms with Gasteiger partial charge in [0.25, 0.3) is 0 Å². The zero-order chi connectivity index (χ0) is 20.6. The van der Waals surface area contributed by atoms with Crippen LogP contribution in [-0.4, -0.2) is 81.1 Å². The summed E-state index contributed by atoms with van der Waals surface area (Å²) in [5, 5.41) is 3.47. The Bertz CT molecular complexity index is 687. The fraction of sp³-hybridized carbons (Fsp3) is 0.619. The highest BCUT2D eigenvalue weighted by molar-refractivity contribution is 5.80. The number of carbonyl (C=O) groups is 1. The Balaban J connectivity index is 1.39. The van der Waals surface area contributed by atoms with E-state index in [4.69, 9.17) is 5.73 Å². The average Bonchev–Trinajstić information content (AvgIpc) is 2.72. The van der Waals surface area contributed by atoms with Crippen molar-refractivity contribution in [3.63, 3.8) is 0 Å². The highest BCUT2D eigenvalue weighted by Gasteiger charge is 2.24. The van der Waals surface area contributed by atoms with E-state index in [1.807, 2.05) is 19.2 Å². The SMILES string of the molecule is CN=C(NCCN1CCN(c2ccc(F)cc2)CC1)N1CCCC(CC(N)=O)C1. The second-order valence-electron chi connectivity index (χ2n) is 7.90. The van der Waals surface area contributed by atoms with E-state index >= 15 is 0 Å². The van der Waals surface area contributed by atoms with Crippen molar-refractivity contribution in [3.8, 4) is 0 Å². The topological polar surface area (TPSA) is 77.2 Å². The van der Waals surface area contributed by atoms with Crippen molar-refractivity contribution in [1.29, 1.82) is 0 Å². The molecule has 0 spiro atoms. The van der Waals surface area contributed by atoms with Gasteiger partial charge in [0.1, 0.15) is 5.82 Å². The molecule has 1 atom stereocenters. The molecule has 3 rings (SSSR count). The van der Waals surface area contributed by atoms with Crippen LogP contribution in [0.15, 0.2) is 29.3 Å². The third-order valence-electron chi connectivity index (χ3n) is 5.80. The molecule has 2 fully saturated rings. The number of primary amides is 1. The van der Waals surface area contributed by atoms with Crippen molar-refractivity contribution >= 4 is 17.6 Å². The molecule has 3 N–H and O–H groups in total. The molecule has 2 saturated heterocycles. The Hall–Kier alpha value is -2.35. The fourth-order valence-electron chi connectivity index (χ4n) is 4.25. The Labute approximate surface area is 172 Å². The van der Waals surface area contributed by atoms with E-state index in [-0.39, 0.29) is 11.7 Å². The number of nitrogens with zero attached hydrogens (tertiary/aromatic N) is 4. The predicted octanol–water partition coefficient (Wildman–Crippen LogP) is 1.11. The first-order valence-corrected chi connectivity index (χ1v) is 10.5. The molecule has 0 aliphatic carbocycles. The monoisotopic (exact) mass is 404 g/mol. The highest BCUT2D eigenvalue weighted by atomic mass is 19.1. The molecule has 160 valence electrons. The van der Waals surface area contributed by atoms with Crippen molar-refractivity contribution in [2.75, 3.05) is 64.3 Å². The fourth-order valence-corrected chi connectivity index (χ4v) is 4.25. The van der Waals surface area contributed by atoms with Gasteiger partial charge in [-0.25, -0.2) is 4.39 Å². The molecule has 0 saturated carbocycles. The molecule has 7 nitrogen and oxygen atoms in total. The number of hydrogen-bond acceptors (Lipinski definition) is 4. The maximum absolute atomic E-state index is 13.1. The molecular formula is C21H33FN6O. The minimum atomic E-state index is -0.223. The van der Waals surface area contributed by atoms with Crippen molar-refractivity contribution < 1.29 is 9.18 Å². The Kier molecular flexibility index (Phi) is 7.69. The van der Waals surface area contributed by atoms with E-state index in [0.29, 0.717) is 12.3 Å². The molecule has 2 heterocycles. The lowest BCUT2D eigenvalue weighted by Crippen LogP contribution is -2.51. The van der Waals surface area contributed by atoms with Crippen molar-refractivity contribution in [1.82, 2.24) is 15.1 Å². The third-order valence-corrected chi connectivity index (χ3v) is 5.80. The summed E-state index contributed by atoms with van der Waals surface area (Å²) in [6.07, 6.45) is 2.56. The van der Waals surface area contributed by atoms with Crippen LogP contribution in [0.5, 0.6) is 0 Å². The van der Waals surface area contributed by atoms with Crippen LogP contribution in [0.25, 0.3) is 0 Å². The lowest BCUT2D eigenvalue weighted by Gasteiger charge is -2.37. The van der Waals surface area contributed by atoms with Crippen molar-refractivity contribution in [2.45, 2.75) is 19.3 Å². The summed E-state index contributed by atoms with van der Waals surface area (Å²) in [6.45, 7) is 7.45. The van der Waals surface area contributed by atoms with Crippen LogP contribution in [0.4, 0.5) is 10.1 Å². The van der Waals surface area contributed by atoms with Crippen LogP contribution in [-0.2, 0) is 4.79 Å². The van der Waals surface area contributed by atoms with Gasteiger partial charge in [-0.3, -0.25) is 14.7 Å². The standard InChI is InChI=1S/C21H33FN6O/c1-24-21(28-9-2-3-17(16-28)15-20(23)29)25-8-10-26-11-13-27(14-12-26)19-6-4-18(22)5-7-19/h4-7,17H,2-3,8-16H2,1H3,(H2,23,29)(H,24,25). The van der Waals surface area contributed by atoms with Crippen LogP contribution in [0.1, 0.15) is 19.3 Å². The molecule has 1 aromatic rings. The lowest BCUT2D eigenvalue weighted by atomic mass is 9.95. The number of rotatable bonds is 6. The Morgan fingerprint density at radius 2 is 1.93 bits per heavy atom. The maximum Gasteiger partial charge on any atom is 0.217 e. The maximum atomic E-state index is 13.1. The first kappa shape index (κ1) is 21.4. The smallest absolute Gasteiger partial charge is 0.217 e. The normalized spacial score (nSPS) is 21.3. The number of benzene rings is 1. The van der Waals surface area contributed by atoms with E-state index in [1.165, 1.54) is 12.1 Å². The van der Waals surface area contributed by atoms with Gasteiger partial charge < -0.3 is 20.9 Å². The Morgan fingerprint density at radius 1 is 1.21 bits per heavy atom. The third kappa shape index (κ3) is 6.32. The molecule has 29 heavy (non-hydrogen) atoms. The van der Waals surface area contributed by atoms with E-state index in [0.717, 1.165) is 76.8 Å². The molecule has 2 aliphatic rings. The van der Waals surface area contributed by atoms with Gasteiger partial charge in [-0.2, -0.15) is 0 Å². The summed E-state index contributed by atoms with van der Waals surface area (Å²) in [6, 6.07) is 6.74. The van der Waals surface area contributed by atoms with Gasteiger partial charge in [-0.05, 0) is 43.0 Å². The summed E-state index contributed by atoms with van der Waals surface area (Å²) in [5.74, 6) is 0.810. The van der Waals surface area contributed by atoms with Crippen LogP contribution < -0.4 is 16.0 Å². The van der Waals surface area contributed by atoms with E-state index in [2.05, 4.69) is 25.0 Å². The molecule has 0 bridgehead atoms. The van der Waals surface area contributed by atoms with Gasteiger partial charge >= 0.3 is 0 Å². The van der Waals surface area contributed by atoms with Crippen LogP contribution in [0.3, 0.4) is 0 Å². The lowest BCUT2D eigenvalue weighted by molar-refractivity contribution is -0.119. The molecule has 1 unspecified atom stereocenters. The number of likely N-dealkylation sites (tertiary alicyclic amines) is 1. The van der Waals surface area contributed by atoms with Crippen molar-refractivity contribution in [2.24, 2.45) is 16.6 Å². The number of amides is 1. The predicted molar refractivity (Wildman–Crippen MR) is 115 cm³/mol. The number of nitrogens with two attached hydrogens (primary N) is 1. The van der Waals surface area contributed by atoms with Crippen LogP contribution in [0.2, 0.25) is 0 Å². The molecule has 0 aromatic heterocycles. The summed E-state index contributed by atoms with van der Waals surface area (Å²) in [4.78, 5) is 22.6. The second-order valence-corrected chi connectivity index (χ2v) is 7.90. The highest BCUT2D eigenvalue weighted by Crippen LogP contribution is 2.19. The van der Waals surface area contributed by atoms with E-state index in [1.54, 1.807) is 0 Å². The summed E-state index contributed by atoms with van der Waals surface area (Å²) in [5.41, 5.74) is 6.45. The van der Waals surface area contributed by atoms with Crippen LogP contribution >= 0.6 is 0 Å².